The molecule has 0 N–H and O–H groups in total. The molecular formula is C22H23FN4O3S. The molecule has 1 aromatic heterocycles. The van der Waals surface area contributed by atoms with E-state index in [0.717, 1.165) is 22.8 Å². The van der Waals surface area contributed by atoms with Gasteiger partial charge in [-0.05, 0) is 55.0 Å². The topological polar surface area (TPSA) is 75.6 Å². The Morgan fingerprint density at radius 3 is 2.32 bits per heavy atom. The highest BCUT2D eigenvalue weighted by molar-refractivity contribution is 7.89. The van der Waals surface area contributed by atoms with Gasteiger partial charge in [-0.15, -0.1) is 0 Å². The molecule has 0 radical (unpaired) electrons. The molecule has 2 aromatic carbocycles. The summed E-state index contributed by atoms with van der Waals surface area (Å²) in [5.41, 5.74) is 2.04. The van der Waals surface area contributed by atoms with Gasteiger partial charge in [0.1, 0.15) is 23.7 Å². The highest BCUT2D eigenvalue weighted by Gasteiger charge is 2.29. The van der Waals surface area contributed by atoms with Crippen molar-refractivity contribution in [2.45, 2.75) is 11.8 Å². The first kappa shape index (κ1) is 21.2. The Morgan fingerprint density at radius 2 is 1.68 bits per heavy atom. The van der Waals surface area contributed by atoms with Crippen LogP contribution in [0.15, 0.2) is 59.8 Å². The zero-order valence-electron chi connectivity index (χ0n) is 17.3. The molecule has 1 saturated heterocycles. The fourth-order valence-corrected chi connectivity index (χ4v) is 5.03. The van der Waals surface area contributed by atoms with E-state index in [1.165, 1.54) is 28.8 Å². The fraction of sp³-hybridized carbons (Fsp3) is 0.273. The lowest BCUT2D eigenvalue weighted by Crippen LogP contribution is -2.48. The number of ether oxygens (including phenoxy) is 1. The van der Waals surface area contributed by atoms with Gasteiger partial charge in [0.25, 0.3) is 0 Å². The SMILES string of the molecule is COc1ccc(-c2cc(N3CCN(S(=O)(=O)c4ccc(F)c(C)c4)CC3)ncn2)cc1. The first-order valence-corrected chi connectivity index (χ1v) is 11.3. The number of piperazine rings is 1. The molecule has 1 aliphatic rings. The number of aromatic nitrogens is 2. The summed E-state index contributed by atoms with van der Waals surface area (Å²) in [4.78, 5) is 10.9. The maximum absolute atomic E-state index is 13.5. The van der Waals surface area contributed by atoms with Crippen molar-refractivity contribution in [2.24, 2.45) is 0 Å². The molecule has 0 saturated carbocycles. The predicted octanol–water partition coefficient (Wildman–Crippen LogP) is 3.11. The Bertz CT molecular complexity index is 1180. The van der Waals surface area contributed by atoms with E-state index in [2.05, 4.69) is 9.97 Å². The summed E-state index contributed by atoms with van der Waals surface area (Å²) in [6.07, 6.45) is 1.51. The molecule has 162 valence electrons. The van der Waals surface area contributed by atoms with Gasteiger partial charge in [-0.25, -0.2) is 22.8 Å². The molecule has 2 heterocycles. The molecule has 0 bridgehead atoms. The minimum atomic E-state index is -3.67. The van der Waals surface area contributed by atoms with Crippen molar-refractivity contribution in [2.75, 3.05) is 38.2 Å². The number of nitrogens with zero attached hydrogens (tertiary/aromatic N) is 4. The summed E-state index contributed by atoms with van der Waals surface area (Å²) >= 11 is 0. The van der Waals surface area contributed by atoms with Crippen LogP contribution in [0.1, 0.15) is 5.56 Å². The molecule has 1 aliphatic heterocycles. The van der Waals surface area contributed by atoms with Gasteiger partial charge in [0.05, 0.1) is 17.7 Å². The summed E-state index contributed by atoms with van der Waals surface area (Å²) in [5, 5.41) is 0. The van der Waals surface area contributed by atoms with E-state index >= 15 is 0 Å². The largest absolute Gasteiger partial charge is 0.497 e. The van der Waals surface area contributed by atoms with Crippen LogP contribution in [0, 0.1) is 12.7 Å². The molecule has 7 nitrogen and oxygen atoms in total. The standard InChI is InChI=1S/C22H23FN4O3S/c1-16-13-19(7-8-20(16)23)31(28,29)27-11-9-26(10-12-27)22-14-21(24-15-25-22)17-3-5-18(30-2)6-4-17/h3-8,13-15H,9-12H2,1-2H3. The van der Waals surface area contributed by atoms with E-state index in [1.54, 1.807) is 14.0 Å². The van der Waals surface area contributed by atoms with Crippen LogP contribution in [0.4, 0.5) is 10.2 Å². The third kappa shape index (κ3) is 4.38. The summed E-state index contributed by atoms with van der Waals surface area (Å²) in [6.45, 7) is 3.19. The van der Waals surface area contributed by atoms with Gasteiger partial charge in [0.15, 0.2) is 0 Å². The number of methoxy groups -OCH3 is 1. The lowest BCUT2D eigenvalue weighted by Gasteiger charge is -2.34. The van der Waals surface area contributed by atoms with Gasteiger partial charge >= 0.3 is 0 Å². The normalized spacial score (nSPS) is 15.1. The van der Waals surface area contributed by atoms with Crippen molar-refractivity contribution in [3.05, 3.63) is 66.2 Å². The van der Waals surface area contributed by atoms with Crippen LogP contribution >= 0.6 is 0 Å². The lowest BCUT2D eigenvalue weighted by molar-refractivity contribution is 0.383. The fourth-order valence-electron chi connectivity index (χ4n) is 3.52. The van der Waals surface area contributed by atoms with E-state index in [1.807, 2.05) is 35.2 Å². The highest BCUT2D eigenvalue weighted by Crippen LogP contribution is 2.25. The number of halogens is 1. The molecule has 0 unspecified atom stereocenters. The Balaban J connectivity index is 1.48. The van der Waals surface area contributed by atoms with Crippen molar-refractivity contribution in [1.29, 1.82) is 0 Å². The van der Waals surface area contributed by atoms with Crippen LogP contribution in [-0.4, -0.2) is 56.0 Å². The molecule has 31 heavy (non-hydrogen) atoms. The van der Waals surface area contributed by atoms with Crippen molar-refractivity contribution >= 4 is 15.8 Å². The molecule has 3 aromatic rings. The maximum atomic E-state index is 13.5. The molecular weight excluding hydrogens is 419 g/mol. The van der Waals surface area contributed by atoms with Gasteiger partial charge in [0.2, 0.25) is 10.0 Å². The van der Waals surface area contributed by atoms with Crippen molar-refractivity contribution in [1.82, 2.24) is 14.3 Å². The van der Waals surface area contributed by atoms with Crippen LogP contribution in [0.25, 0.3) is 11.3 Å². The third-order valence-electron chi connectivity index (χ3n) is 5.37. The summed E-state index contributed by atoms with van der Waals surface area (Å²) in [7, 11) is -2.05. The number of hydrogen-bond donors (Lipinski definition) is 0. The maximum Gasteiger partial charge on any atom is 0.243 e. The minimum Gasteiger partial charge on any atom is -0.497 e. The quantitative estimate of drug-likeness (QED) is 0.604. The van der Waals surface area contributed by atoms with Crippen LogP contribution in [0.2, 0.25) is 0 Å². The second-order valence-corrected chi connectivity index (χ2v) is 9.23. The van der Waals surface area contributed by atoms with Gasteiger partial charge in [0, 0.05) is 37.8 Å². The number of hydrogen-bond acceptors (Lipinski definition) is 6. The number of benzene rings is 2. The zero-order chi connectivity index (χ0) is 22.0. The van der Waals surface area contributed by atoms with Crippen LogP contribution in [0.5, 0.6) is 5.75 Å². The number of anilines is 1. The van der Waals surface area contributed by atoms with Crippen LogP contribution < -0.4 is 9.64 Å². The Labute approximate surface area is 181 Å². The van der Waals surface area contributed by atoms with Gasteiger partial charge in [-0.2, -0.15) is 4.31 Å². The van der Waals surface area contributed by atoms with Gasteiger partial charge in [-0.1, -0.05) is 0 Å². The van der Waals surface area contributed by atoms with Crippen molar-refractivity contribution < 1.29 is 17.5 Å². The number of rotatable bonds is 5. The molecule has 1 fully saturated rings. The summed E-state index contributed by atoms with van der Waals surface area (Å²) in [5.74, 6) is 1.10. The molecule has 0 aliphatic carbocycles. The van der Waals surface area contributed by atoms with Gasteiger partial charge in [-0.3, -0.25) is 0 Å². The Kier molecular flexibility index (Phi) is 5.88. The Hall–Kier alpha value is -3.04. The molecule has 9 heteroatoms. The number of aryl methyl sites for hydroxylation is 1. The summed E-state index contributed by atoms with van der Waals surface area (Å²) < 4.78 is 46.0. The second-order valence-electron chi connectivity index (χ2n) is 7.29. The first-order chi connectivity index (χ1) is 14.9. The average molecular weight is 443 g/mol. The van der Waals surface area contributed by atoms with Crippen molar-refractivity contribution in [3.8, 4) is 17.0 Å². The minimum absolute atomic E-state index is 0.115. The summed E-state index contributed by atoms with van der Waals surface area (Å²) in [6, 6.07) is 13.4. The lowest BCUT2D eigenvalue weighted by atomic mass is 10.1. The predicted molar refractivity (Wildman–Crippen MR) is 116 cm³/mol. The average Bonchev–Trinajstić information content (AvgIpc) is 2.81. The molecule has 4 rings (SSSR count). The van der Waals surface area contributed by atoms with Gasteiger partial charge < -0.3 is 9.64 Å². The molecule has 0 atom stereocenters. The van der Waals surface area contributed by atoms with Crippen LogP contribution in [0.3, 0.4) is 0 Å². The first-order valence-electron chi connectivity index (χ1n) is 9.86. The third-order valence-corrected chi connectivity index (χ3v) is 7.26. The molecule has 0 amide bonds. The van der Waals surface area contributed by atoms with Crippen LogP contribution in [-0.2, 0) is 10.0 Å². The Morgan fingerprint density at radius 1 is 0.968 bits per heavy atom. The smallest absolute Gasteiger partial charge is 0.243 e. The monoisotopic (exact) mass is 442 g/mol. The van der Waals surface area contributed by atoms with E-state index in [4.69, 9.17) is 4.74 Å². The highest BCUT2D eigenvalue weighted by atomic mass is 32.2. The van der Waals surface area contributed by atoms with E-state index < -0.39 is 15.8 Å². The van der Waals surface area contributed by atoms with E-state index in [-0.39, 0.29) is 4.90 Å². The van der Waals surface area contributed by atoms with Crippen molar-refractivity contribution in [3.63, 3.8) is 0 Å². The number of sulfonamides is 1. The second kappa shape index (κ2) is 8.60. The van der Waals surface area contributed by atoms with E-state index in [9.17, 15) is 12.8 Å². The van der Waals surface area contributed by atoms with E-state index in [0.29, 0.717) is 31.7 Å². The zero-order valence-corrected chi connectivity index (χ0v) is 18.1. The molecule has 0 spiro atoms.